The molecule has 3 aliphatic heterocycles. The zero-order chi connectivity index (χ0) is 25.0. The second-order valence-electron chi connectivity index (χ2n) is 9.06. The van der Waals surface area contributed by atoms with Crippen molar-refractivity contribution < 1.29 is 31.1 Å². The van der Waals surface area contributed by atoms with Gasteiger partial charge in [0.25, 0.3) is 11.8 Å². The number of ether oxygens (including phenoxy) is 1. The van der Waals surface area contributed by atoms with Gasteiger partial charge < -0.3 is 20.3 Å². The third-order valence-corrected chi connectivity index (χ3v) is 6.45. The number of hydrogen-bond donors (Lipinski definition) is 1. The molecule has 0 amide bonds. The summed E-state index contributed by atoms with van der Waals surface area (Å²) in [6.45, 7) is -2.75. The molecule has 0 spiro atoms. The number of anilines is 3. The van der Waals surface area contributed by atoms with E-state index in [-0.39, 0.29) is 60.7 Å². The normalized spacial score (nSPS) is 22.1. The summed E-state index contributed by atoms with van der Waals surface area (Å²) >= 11 is 0. The molecule has 2 aromatic heterocycles. The lowest BCUT2D eigenvalue weighted by molar-refractivity contribution is -0.0494. The minimum absolute atomic E-state index is 0.0428. The fraction of sp³-hybridized carbons (Fsp3) is 0.571. The van der Waals surface area contributed by atoms with Crippen LogP contribution in [0.1, 0.15) is 12.8 Å². The van der Waals surface area contributed by atoms with Gasteiger partial charge >= 0.3 is 6.61 Å². The maximum absolute atomic E-state index is 13.9. The van der Waals surface area contributed by atoms with Gasteiger partial charge in [0.15, 0.2) is 11.6 Å². The molecular weight excluding hydrogens is 480 g/mol. The Morgan fingerprint density at radius 1 is 0.971 bits per heavy atom. The molecule has 14 heteroatoms. The van der Waals surface area contributed by atoms with Gasteiger partial charge in [-0.2, -0.15) is 13.8 Å². The Morgan fingerprint density at radius 3 is 2.31 bits per heavy atom. The van der Waals surface area contributed by atoms with Crippen LogP contribution in [-0.4, -0.2) is 83.6 Å². The molecule has 0 unspecified atom stereocenters. The van der Waals surface area contributed by atoms with Crippen LogP contribution in [0, 0.1) is 0 Å². The summed E-state index contributed by atoms with van der Waals surface area (Å²) in [7, 11) is 0. The van der Waals surface area contributed by atoms with Gasteiger partial charge in [0.05, 0.1) is 18.8 Å². The molecule has 2 aromatic rings. The van der Waals surface area contributed by atoms with Gasteiger partial charge in [-0.25, -0.2) is 27.5 Å². The van der Waals surface area contributed by atoms with Gasteiger partial charge in [0.2, 0.25) is 5.95 Å². The smallest absolute Gasteiger partial charge is 0.387 e. The number of halogens is 6. The first kappa shape index (κ1) is 23.7. The van der Waals surface area contributed by atoms with Crippen LogP contribution in [-0.2, 0) is 0 Å². The SMILES string of the molecule is Nc1ncc(-c2cc(N3CC(N4CCC(F)(F)C4)C3)nc(N3CCC(F)(F)C3)n2)cc1OC(F)F. The molecular formula is C21H23F6N7O. The number of rotatable bonds is 6. The average Bonchev–Trinajstić information content (AvgIpc) is 3.29. The van der Waals surface area contributed by atoms with E-state index in [2.05, 4.69) is 19.7 Å². The summed E-state index contributed by atoms with van der Waals surface area (Å²) in [6, 6.07) is 2.74. The zero-order valence-electron chi connectivity index (χ0n) is 18.5. The topological polar surface area (TPSA) is 83.6 Å². The highest BCUT2D eigenvalue weighted by molar-refractivity contribution is 5.68. The van der Waals surface area contributed by atoms with Gasteiger partial charge in [0, 0.05) is 62.9 Å². The Hall–Kier alpha value is -3.03. The van der Waals surface area contributed by atoms with Crippen molar-refractivity contribution in [3.63, 3.8) is 0 Å². The fourth-order valence-corrected chi connectivity index (χ4v) is 4.51. The highest BCUT2D eigenvalue weighted by Crippen LogP contribution is 2.36. The van der Waals surface area contributed by atoms with E-state index in [4.69, 9.17) is 5.73 Å². The molecule has 5 rings (SSSR count). The molecule has 2 N–H and O–H groups in total. The van der Waals surface area contributed by atoms with Crippen LogP contribution in [0.15, 0.2) is 18.3 Å². The molecule has 5 heterocycles. The maximum atomic E-state index is 13.9. The molecule has 3 saturated heterocycles. The maximum Gasteiger partial charge on any atom is 0.387 e. The lowest BCUT2D eigenvalue weighted by Crippen LogP contribution is -2.59. The van der Waals surface area contributed by atoms with E-state index in [0.717, 1.165) is 0 Å². The van der Waals surface area contributed by atoms with Crippen molar-refractivity contribution in [1.82, 2.24) is 19.9 Å². The summed E-state index contributed by atoms with van der Waals surface area (Å²) in [6.07, 6.45) is 0.787. The van der Waals surface area contributed by atoms with Crippen molar-refractivity contribution in [2.24, 2.45) is 0 Å². The minimum Gasteiger partial charge on any atom is -0.431 e. The summed E-state index contributed by atoms with van der Waals surface area (Å²) in [5, 5.41) is 0. The van der Waals surface area contributed by atoms with Gasteiger partial charge in [-0.1, -0.05) is 0 Å². The summed E-state index contributed by atoms with van der Waals surface area (Å²) < 4.78 is 84.8. The predicted molar refractivity (Wildman–Crippen MR) is 115 cm³/mol. The Morgan fingerprint density at radius 2 is 1.69 bits per heavy atom. The summed E-state index contributed by atoms with van der Waals surface area (Å²) in [4.78, 5) is 17.6. The van der Waals surface area contributed by atoms with Gasteiger partial charge in [-0.05, 0) is 6.07 Å². The molecule has 0 atom stereocenters. The van der Waals surface area contributed by atoms with Crippen LogP contribution in [0.3, 0.4) is 0 Å². The molecule has 3 aliphatic rings. The molecule has 35 heavy (non-hydrogen) atoms. The summed E-state index contributed by atoms with van der Waals surface area (Å²) in [5.74, 6) is -5.70. The van der Waals surface area contributed by atoms with Crippen LogP contribution >= 0.6 is 0 Å². The largest absolute Gasteiger partial charge is 0.431 e. The van der Waals surface area contributed by atoms with Gasteiger partial charge in [-0.3, -0.25) is 4.90 Å². The van der Waals surface area contributed by atoms with E-state index < -0.39 is 25.0 Å². The number of pyridine rings is 1. The lowest BCUT2D eigenvalue weighted by atomic mass is 10.1. The second kappa shape index (κ2) is 8.57. The highest BCUT2D eigenvalue weighted by Gasteiger charge is 2.44. The van der Waals surface area contributed by atoms with Crippen LogP contribution < -0.4 is 20.3 Å². The first-order valence-electron chi connectivity index (χ1n) is 11.1. The fourth-order valence-electron chi connectivity index (χ4n) is 4.51. The van der Waals surface area contributed by atoms with Crippen molar-refractivity contribution in [1.29, 1.82) is 0 Å². The van der Waals surface area contributed by atoms with Crippen molar-refractivity contribution >= 4 is 17.6 Å². The Kier molecular flexibility index (Phi) is 5.80. The van der Waals surface area contributed by atoms with E-state index in [1.807, 2.05) is 4.90 Å². The van der Waals surface area contributed by atoms with Crippen molar-refractivity contribution in [3.8, 4) is 17.0 Å². The zero-order valence-corrected chi connectivity index (χ0v) is 18.5. The molecule has 0 aliphatic carbocycles. The molecule has 0 radical (unpaired) electrons. The molecule has 0 aromatic carbocycles. The van der Waals surface area contributed by atoms with Crippen LogP contribution in [0.25, 0.3) is 11.3 Å². The number of aromatic nitrogens is 3. The summed E-state index contributed by atoms with van der Waals surface area (Å²) in [5.41, 5.74) is 6.15. The van der Waals surface area contributed by atoms with E-state index in [0.29, 0.717) is 25.5 Å². The van der Waals surface area contributed by atoms with Gasteiger partial charge in [0.1, 0.15) is 5.82 Å². The number of nitrogens with zero attached hydrogens (tertiary/aromatic N) is 6. The van der Waals surface area contributed by atoms with Crippen LogP contribution in [0.5, 0.6) is 5.75 Å². The number of likely N-dealkylation sites (tertiary alicyclic amines) is 1. The van der Waals surface area contributed by atoms with E-state index in [1.165, 1.54) is 17.2 Å². The first-order valence-corrected chi connectivity index (χ1v) is 11.1. The molecule has 0 bridgehead atoms. The molecule has 8 nitrogen and oxygen atoms in total. The quantitative estimate of drug-likeness (QED) is 0.603. The Balaban J connectivity index is 1.43. The number of nitrogen functional groups attached to an aromatic ring is 1. The van der Waals surface area contributed by atoms with Crippen molar-refractivity contribution in [2.45, 2.75) is 37.3 Å². The predicted octanol–water partition coefficient (Wildman–Crippen LogP) is 3.10. The van der Waals surface area contributed by atoms with E-state index in [9.17, 15) is 26.3 Å². The van der Waals surface area contributed by atoms with Gasteiger partial charge in [-0.15, -0.1) is 0 Å². The molecule has 190 valence electrons. The Labute approximate surface area is 196 Å². The van der Waals surface area contributed by atoms with E-state index in [1.54, 1.807) is 11.0 Å². The lowest BCUT2D eigenvalue weighted by Gasteiger charge is -2.44. The monoisotopic (exact) mass is 503 g/mol. The van der Waals surface area contributed by atoms with Crippen molar-refractivity contribution in [2.75, 3.05) is 54.8 Å². The second-order valence-corrected chi connectivity index (χ2v) is 9.06. The molecule has 3 fully saturated rings. The molecule has 0 saturated carbocycles. The first-order chi connectivity index (χ1) is 16.5. The van der Waals surface area contributed by atoms with Crippen molar-refractivity contribution in [3.05, 3.63) is 18.3 Å². The average molecular weight is 503 g/mol. The van der Waals surface area contributed by atoms with Crippen LogP contribution in [0.2, 0.25) is 0 Å². The Bertz CT molecular complexity index is 1100. The third-order valence-electron chi connectivity index (χ3n) is 6.45. The highest BCUT2D eigenvalue weighted by atomic mass is 19.3. The minimum atomic E-state index is -3.12. The standard InChI is InChI=1S/C21H23F6N7O/c22-18(23)35-15-5-12(7-29-17(15)28)14-6-16(31-19(30-14)33-4-2-21(26,27)11-33)34-8-13(9-34)32-3-1-20(24,25)10-32/h5-7,13,18H,1-4,8-11H2,(H2,28,29). The number of alkyl halides is 6. The van der Waals surface area contributed by atoms with Crippen LogP contribution in [0.4, 0.5) is 43.9 Å². The van der Waals surface area contributed by atoms with E-state index >= 15 is 0 Å². The number of nitrogens with two attached hydrogens (primary N) is 1. The third kappa shape index (κ3) is 5.02. The number of hydrogen-bond acceptors (Lipinski definition) is 8.